The van der Waals surface area contributed by atoms with Crippen LogP contribution in [0.25, 0.3) is 0 Å². The van der Waals surface area contributed by atoms with E-state index in [1.54, 1.807) is 13.8 Å². The van der Waals surface area contributed by atoms with Crippen molar-refractivity contribution in [3.63, 3.8) is 0 Å². The summed E-state index contributed by atoms with van der Waals surface area (Å²) >= 11 is 0. The van der Waals surface area contributed by atoms with Crippen LogP contribution in [0.3, 0.4) is 0 Å². The summed E-state index contributed by atoms with van der Waals surface area (Å²) in [5, 5.41) is 22.9. The number of hydrogen-bond donors (Lipinski definition) is 2. The number of alkyl halides is 5. The number of anilines is 1. The number of hydrogen-bond acceptors (Lipinski definition) is 6. The lowest BCUT2D eigenvalue weighted by molar-refractivity contribution is -0.256. The van der Waals surface area contributed by atoms with Crippen molar-refractivity contribution < 1.29 is 46.6 Å². The molecule has 6 nitrogen and oxygen atoms in total. The fourth-order valence-corrected chi connectivity index (χ4v) is 9.31. The number of aliphatic hydroxyl groups excluding tert-OH is 2. The van der Waals surface area contributed by atoms with Gasteiger partial charge in [0.25, 0.3) is 0 Å². The Balaban J connectivity index is 1.46. The molecule has 0 radical (unpaired) electrons. The summed E-state index contributed by atoms with van der Waals surface area (Å²) in [6.45, 7) is 3.92. The molecule has 5 aliphatic rings. The van der Waals surface area contributed by atoms with Gasteiger partial charge in [-0.15, -0.1) is 0 Å². The van der Waals surface area contributed by atoms with Gasteiger partial charge >= 0.3 is 6.18 Å². The molecule has 1 aromatic rings. The normalized spacial score (nSPS) is 45.1. The van der Waals surface area contributed by atoms with Gasteiger partial charge in [-0.1, -0.05) is 26.0 Å². The Bertz CT molecular complexity index is 1400. The first-order chi connectivity index (χ1) is 19.0. The third-order valence-electron chi connectivity index (χ3n) is 11.4. The molecular weight excluding hydrogens is 549 g/mol. The molecule has 0 bridgehead atoms. The zero-order valence-corrected chi connectivity index (χ0v) is 22.8. The molecule has 2 N–H and O–H groups in total. The number of aliphatic hydroxyl groups is 2. The highest BCUT2D eigenvalue weighted by atomic mass is 19.4. The van der Waals surface area contributed by atoms with Crippen LogP contribution < -0.4 is 5.06 Å². The standard InChI is InChI=1S/C30H32F5NO5/c1-25-8-7-19(38)10-20(25)21(31)11-22-26(2)12-17-14-36(18-6-4-5-16(9-18)30(33,34)35)41-29(17,24(40)15-37)27(26,3)13-23(39)28(22,25)32/h4-10,17,21-23,37,39H,11-15H2,1-3H3/t17-,21-,22-,23-,25-,26-,27-,28-,29-/m0/s1. The van der Waals surface area contributed by atoms with Gasteiger partial charge in [0.1, 0.15) is 12.8 Å². The predicted octanol–water partition coefficient (Wildman–Crippen LogP) is 4.69. The van der Waals surface area contributed by atoms with Crippen LogP contribution in [0.15, 0.2) is 48.1 Å². The molecule has 1 aromatic carbocycles. The van der Waals surface area contributed by atoms with E-state index in [4.69, 9.17) is 4.84 Å². The van der Waals surface area contributed by atoms with Gasteiger partial charge in [-0.25, -0.2) is 8.78 Å². The lowest BCUT2D eigenvalue weighted by Crippen LogP contribution is -2.73. The summed E-state index contributed by atoms with van der Waals surface area (Å²) in [6.07, 6.45) is -4.89. The fraction of sp³-hybridized carbons (Fsp3) is 0.600. The van der Waals surface area contributed by atoms with Crippen LogP contribution in [0, 0.1) is 28.1 Å². The first-order valence-corrected chi connectivity index (χ1v) is 13.7. The van der Waals surface area contributed by atoms with Crippen LogP contribution in [0.4, 0.5) is 27.6 Å². The van der Waals surface area contributed by atoms with Gasteiger partial charge in [0, 0.05) is 22.7 Å². The zero-order chi connectivity index (χ0) is 30.0. The second kappa shape index (κ2) is 8.48. The zero-order valence-electron chi connectivity index (χ0n) is 22.8. The third kappa shape index (κ3) is 3.28. The number of Topliss-reactive ketones (excluding diaryl/α,β-unsaturated/α-hetero) is 1. The molecule has 3 saturated carbocycles. The molecule has 1 aliphatic heterocycles. The number of carbonyl (C=O) groups excluding carboxylic acids is 2. The molecule has 0 spiro atoms. The second-order valence-corrected chi connectivity index (χ2v) is 12.9. The molecule has 11 heteroatoms. The minimum atomic E-state index is -4.61. The highest BCUT2D eigenvalue weighted by Gasteiger charge is 2.83. The number of fused-ring (bicyclic) bond motifs is 7. The number of benzene rings is 1. The van der Waals surface area contributed by atoms with Crippen molar-refractivity contribution in [3.05, 3.63) is 53.6 Å². The van der Waals surface area contributed by atoms with E-state index >= 15 is 8.78 Å². The lowest BCUT2D eigenvalue weighted by Gasteiger charge is -2.67. The molecule has 1 heterocycles. The van der Waals surface area contributed by atoms with E-state index in [0.717, 1.165) is 18.2 Å². The Kier molecular flexibility index (Phi) is 5.89. The van der Waals surface area contributed by atoms with Crippen molar-refractivity contribution in [2.24, 2.45) is 28.1 Å². The average Bonchev–Trinajstić information content (AvgIpc) is 3.37. The smallest absolute Gasteiger partial charge is 0.390 e. The Labute approximate surface area is 233 Å². The van der Waals surface area contributed by atoms with Gasteiger partial charge in [0.05, 0.1) is 23.9 Å². The number of nitrogens with zero attached hydrogens (tertiary/aromatic N) is 1. The van der Waals surface area contributed by atoms with Crippen LogP contribution in [-0.2, 0) is 20.6 Å². The Morgan fingerprint density at radius 2 is 1.90 bits per heavy atom. The van der Waals surface area contributed by atoms with Crippen LogP contribution in [0.5, 0.6) is 0 Å². The summed E-state index contributed by atoms with van der Waals surface area (Å²) in [5.74, 6) is -3.01. The number of allylic oxidation sites excluding steroid dienone is 4. The summed E-state index contributed by atoms with van der Waals surface area (Å²) < 4.78 is 73.8. The van der Waals surface area contributed by atoms with Crippen molar-refractivity contribution in [1.29, 1.82) is 0 Å². The van der Waals surface area contributed by atoms with Crippen molar-refractivity contribution in [1.82, 2.24) is 0 Å². The molecule has 4 aliphatic carbocycles. The molecule has 4 fully saturated rings. The molecule has 41 heavy (non-hydrogen) atoms. The van der Waals surface area contributed by atoms with Gasteiger partial charge in [-0.05, 0) is 67.5 Å². The maximum absolute atomic E-state index is 17.7. The number of ketones is 2. The first-order valence-electron chi connectivity index (χ1n) is 13.7. The van der Waals surface area contributed by atoms with Gasteiger partial charge in [-0.3, -0.25) is 19.5 Å². The van der Waals surface area contributed by atoms with Crippen molar-refractivity contribution in [2.75, 3.05) is 18.2 Å². The molecule has 0 amide bonds. The third-order valence-corrected chi connectivity index (χ3v) is 11.4. The van der Waals surface area contributed by atoms with Gasteiger partial charge < -0.3 is 10.2 Å². The Morgan fingerprint density at radius 1 is 1.20 bits per heavy atom. The van der Waals surface area contributed by atoms with E-state index in [1.807, 2.05) is 0 Å². The Hall–Kier alpha value is -2.63. The highest BCUT2D eigenvalue weighted by Crippen LogP contribution is 2.77. The summed E-state index contributed by atoms with van der Waals surface area (Å²) in [5.41, 5.74) is -9.18. The molecule has 0 unspecified atom stereocenters. The topological polar surface area (TPSA) is 87.1 Å². The SMILES string of the molecule is C[C@]12C[C@H](O)[C@@]3(F)[C@@H](C[C@H](F)C4=CC(=O)C=C[C@@]43C)[C@]1(C)C[C@H]1CN(c3cccc(C(F)(F)F)c3)O[C@]12C(=O)CO. The molecule has 1 saturated heterocycles. The molecule has 222 valence electrons. The van der Waals surface area contributed by atoms with E-state index < -0.39 is 81.5 Å². The van der Waals surface area contributed by atoms with Crippen LogP contribution in [-0.4, -0.2) is 58.5 Å². The van der Waals surface area contributed by atoms with Crippen molar-refractivity contribution in [2.45, 2.75) is 69.8 Å². The quantitative estimate of drug-likeness (QED) is 0.504. The lowest BCUT2D eigenvalue weighted by atomic mass is 9.39. The minimum Gasteiger partial charge on any atom is -0.390 e. The van der Waals surface area contributed by atoms with E-state index in [1.165, 1.54) is 36.3 Å². The number of halogens is 5. The van der Waals surface area contributed by atoms with Gasteiger partial charge in [0.2, 0.25) is 0 Å². The van der Waals surface area contributed by atoms with Crippen molar-refractivity contribution >= 4 is 17.3 Å². The average molecular weight is 582 g/mol. The largest absolute Gasteiger partial charge is 0.416 e. The maximum atomic E-state index is 17.7. The molecule has 9 atom stereocenters. The first kappa shape index (κ1) is 28.5. The number of hydroxylamine groups is 1. The summed E-state index contributed by atoms with van der Waals surface area (Å²) in [4.78, 5) is 32.1. The molecule has 0 aromatic heterocycles. The van der Waals surface area contributed by atoms with Crippen LogP contribution in [0.1, 0.15) is 45.6 Å². The maximum Gasteiger partial charge on any atom is 0.416 e. The summed E-state index contributed by atoms with van der Waals surface area (Å²) in [7, 11) is 0. The van der Waals surface area contributed by atoms with Gasteiger partial charge in [0.15, 0.2) is 22.8 Å². The monoisotopic (exact) mass is 581 g/mol. The van der Waals surface area contributed by atoms with Crippen molar-refractivity contribution in [3.8, 4) is 0 Å². The highest BCUT2D eigenvalue weighted by molar-refractivity contribution is 6.01. The minimum absolute atomic E-state index is 0.0266. The molecule has 6 rings (SSSR count). The summed E-state index contributed by atoms with van der Waals surface area (Å²) in [6, 6.07) is 4.46. The van der Waals surface area contributed by atoms with E-state index in [2.05, 4.69) is 0 Å². The fourth-order valence-electron chi connectivity index (χ4n) is 9.31. The Morgan fingerprint density at radius 3 is 2.56 bits per heavy atom. The predicted molar refractivity (Wildman–Crippen MR) is 137 cm³/mol. The number of rotatable bonds is 3. The number of carbonyl (C=O) groups is 2. The van der Waals surface area contributed by atoms with Gasteiger partial charge in [-0.2, -0.15) is 13.2 Å². The second-order valence-electron chi connectivity index (χ2n) is 12.9. The van der Waals surface area contributed by atoms with E-state index in [0.29, 0.717) is 0 Å². The van der Waals surface area contributed by atoms with Crippen LogP contribution >= 0.6 is 0 Å². The molecular formula is C30H32F5NO5. The van der Waals surface area contributed by atoms with E-state index in [-0.39, 0.29) is 37.1 Å². The van der Waals surface area contributed by atoms with Crippen LogP contribution in [0.2, 0.25) is 0 Å². The van der Waals surface area contributed by atoms with E-state index in [9.17, 15) is 33.0 Å².